The maximum Gasteiger partial charge on any atom is 0.258 e. The molecule has 0 saturated carbocycles. The van der Waals surface area contributed by atoms with E-state index >= 15 is 0 Å². The van der Waals surface area contributed by atoms with E-state index in [4.69, 9.17) is 16.3 Å². The molecule has 0 saturated heterocycles. The van der Waals surface area contributed by atoms with Gasteiger partial charge < -0.3 is 9.84 Å². The first kappa shape index (κ1) is 18.2. The van der Waals surface area contributed by atoms with Crippen molar-refractivity contribution in [1.82, 2.24) is 9.55 Å². The van der Waals surface area contributed by atoms with Crippen molar-refractivity contribution in [3.8, 4) is 11.4 Å². The van der Waals surface area contributed by atoms with Crippen LogP contribution in [-0.4, -0.2) is 14.7 Å². The molecule has 4 rings (SSSR count). The van der Waals surface area contributed by atoms with E-state index in [1.54, 1.807) is 35.0 Å². The van der Waals surface area contributed by atoms with Gasteiger partial charge in [0.05, 0.1) is 17.8 Å². The normalized spacial score (nSPS) is 10.9. The van der Waals surface area contributed by atoms with Crippen LogP contribution in [0.15, 0.2) is 77.7 Å². The summed E-state index contributed by atoms with van der Waals surface area (Å²) in [4.78, 5) is 16.9. The second-order valence-corrected chi connectivity index (χ2v) is 6.76. The summed E-state index contributed by atoms with van der Waals surface area (Å²) in [5.74, 6) is 0.506. The monoisotopic (exact) mass is 392 g/mol. The molecule has 0 unspecified atom stereocenters. The molecule has 0 fully saturated rings. The van der Waals surface area contributed by atoms with E-state index in [1.165, 1.54) is 6.07 Å². The summed E-state index contributed by atoms with van der Waals surface area (Å²) >= 11 is 5.88. The van der Waals surface area contributed by atoms with E-state index in [0.29, 0.717) is 23.1 Å². The Kier molecular flexibility index (Phi) is 5.10. The highest BCUT2D eigenvalue weighted by molar-refractivity contribution is 6.30. The Bertz CT molecular complexity index is 1190. The molecular weight excluding hydrogens is 376 g/mol. The number of aliphatic hydroxyl groups is 1. The zero-order valence-corrected chi connectivity index (χ0v) is 15.6. The second-order valence-electron chi connectivity index (χ2n) is 6.32. The molecule has 0 atom stereocenters. The van der Waals surface area contributed by atoms with Gasteiger partial charge >= 0.3 is 0 Å². The van der Waals surface area contributed by atoms with Gasteiger partial charge in [0.25, 0.3) is 5.56 Å². The minimum absolute atomic E-state index is 0.103. The predicted molar refractivity (Wildman–Crippen MR) is 109 cm³/mol. The number of hydrogen-bond acceptors (Lipinski definition) is 4. The van der Waals surface area contributed by atoms with Crippen LogP contribution in [-0.2, 0) is 13.2 Å². The molecule has 0 spiro atoms. The van der Waals surface area contributed by atoms with Crippen molar-refractivity contribution in [2.75, 3.05) is 0 Å². The quantitative estimate of drug-likeness (QED) is 0.555. The Balaban J connectivity index is 1.56. The van der Waals surface area contributed by atoms with Crippen molar-refractivity contribution in [2.24, 2.45) is 0 Å². The maximum atomic E-state index is 12.5. The Morgan fingerprint density at radius 1 is 1.00 bits per heavy atom. The van der Waals surface area contributed by atoms with Crippen LogP contribution in [0.5, 0.6) is 5.75 Å². The average molecular weight is 393 g/mol. The lowest BCUT2D eigenvalue weighted by Gasteiger charge is -2.10. The van der Waals surface area contributed by atoms with Gasteiger partial charge in [-0.05, 0) is 48.0 Å². The Hall–Kier alpha value is -3.15. The number of fused-ring (bicyclic) bond motifs is 1. The third-order valence-corrected chi connectivity index (χ3v) is 4.63. The average Bonchev–Trinajstić information content (AvgIpc) is 2.72. The van der Waals surface area contributed by atoms with E-state index in [-0.39, 0.29) is 12.2 Å². The fourth-order valence-corrected chi connectivity index (χ4v) is 3.03. The molecule has 28 heavy (non-hydrogen) atoms. The summed E-state index contributed by atoms with van der Waals surface area (Å²) in [5.41, 5.74) is 2.90. The minimum atomic E-state index is -0.187. The summed E-state index contributed by atoms with van der Waals surface area (Å²) in [6.07, 6.45) is 1.69. The molecule has 0 aliphatic rings. The highest BCUT2D eigenvalue weighted by Gasteiger charge is 2.05. The van der Waals surface area contributed by atoms with Crippen LogP contribution < -0.4 is 10.3 Å². The molecule has 2 aromatic heterocycles. The maximum absolute atomic E-state index is 12.5. The number of halogens is 1. The number of rotatable bonds is 5. The van der Waals surface area contributed by atoms with Crippen LogP contribution in [0.2, 0.25) is 5.02 Å². The van der Waals surface area contributed by atoms with Crippen LogP contribution >= 0.6 is 11.6 Å². The van der Waals surface area contributed by atoms with Crippen molar-refractivity contribution in [3.63, 3.8) is 0 Å². The number of pyridine rings is 2. The van der Waals surface area contributed by atoms with Crippen molar-refractivity contribution in [1.29, 1.82) is 0 Å². The second kappa shape index (κ2) is 7.84. The zero-order valence-electron chi connectivity index (χ0n) is 14.9. The molecule has 2 aromatic carbocycles. The third-order valence-electron chi connectivity index (χ3n) is 4.38. The van der Waals surface area contributed by atoms with Gasteiger partial charge in [0.1, 0.15) is 12.4 Å². The van der Waals surface area contributed by atoms with Gasteiger partial charge in [-0.1, -0.05) is 29.8 Å². The molecule has 0 radical (unpaired) electrons. The van der Waals surface area contributed by atoms with E-state index in [1.807, 2.05) is 36.4 Å². The Morgan fingerprint density at radius 2 is 1.82 bits per heavy atom. The Morgan fingerprint density at radius 3 is 2.57 bits per heavy atom. The zero-order chi connectivity index (χ0) is 19.5. The fourth-order valence-electron chi connectivity index (χ4n) is 2.90. The van der Waals surface area contributed by atoms with Gasteiger partial charge in [0, 0.05) is 28.4 Å². The summed E-state index contributed by atoms with van der Waals surface area (Å²) in [7, 11) is 0. The standard InChI is InChI=1S/C22H17ClN2O3/c23-17-4-1-15(2-5-17)14-28-20-9-10-25(22(27)12-20)19-7-8-21-16(11-19)3-6-18(13-26)24-21/h1-12,26H,13-14H2. The molecule has 0 aliphatic carbocycles. The number of hydrogen-bond donors (Lipinski definition) is 1. The molecule has 0 aliphatic heterocycles. The van der Waals surface area contributed by atoms with Gasteiger partial charge in [-0.25, -0.2) is 0 Å². The SMILES string of the molecule is O=c1cc(OCc2ccc(Cl)cc2)ccn1-c1ccc2nc(CO)ccc2c1. The van der Waals surface area contributed by atoms with Gasteiger partial charge in [-0.2, -0.15) is 0 Å². The summed E-state index contributed by atoms with van der Waals surface area (Å²) in [5, 5.41) is 10.8. The lowest BCUT2D eigenvalue weighted by atomic mass is 10.2. The van der Waals surface area contributed by atoms with Crippen LogP contribution in [0.1, 0.15) is 11.3 Å². The van der Waals surface area contributed by atoms with E-state index in [2.05, 4.69) is 4.98 Å². The van der Waals surface area contributed by atoms with Crippen molar-refractivity contribution < 1.29 is 9.84 Å². The van der Waals surface area contributed by atoms with E-state index < -0.39 is 0 Å². The largest absolute Gasteiger partial charge is 0.489 e. The Labute approximate surface area is 166 Å². The topological polar surface area (TPSA) is 64.4 Å². The summed E-state index contributed by atoms with van der Waals surface area (Å²) < 4.78 is 7.26. The molecule has 6 heteroatoms. The van der Waals surface area contributed by atoms with Crippen LogP contribution in [0, 0.1) is 0 Å². The highest BCUT2D eigenvalue weighted by Crippen LogP contribution is 2.18. The van der Waals surface area contributed by atoms with E-state index in [9.17, 15) is 9.90 Å². The molecule has 5 nitrogen and oxygen atoms in total. The number of aromatic nitrogens is 2. The molecule has 0 amide bonds. The van der Waals surface area contributed by atoms with Gasteiger partial charge in [0.15, 0.2) is 0 Å². The van der Waals surface area contributed by atoms with Gasteiger partial charge in [0.2, 0.25) is 0 Å². The molecule has 0 bridgehead atoms. The first-order valence-corrected chi connectivity index (χ1v) is 9.11. The van der Waals surface area contributed by atoms with Crippen molar-refractivity contribution in [2.45, 2.75) is 13.2 Å². The smallest absolute Gasteiger partial charge is 0.258 e. The molecule has 1 N–H and O–H groups in total. The molecule has 2 heterocycles. The molecule has 140 valence electrons. The molecular formula is C22H17ClN2O3. The van der Waals surface area contributed by atoms with Crippen molar-refractivity contribution in [3.05, 3.63) is 99.6 Å². The van der Waals surface area contributed by atoms with Crippen LogP contribution in [0.25, 0.3) is 16.6 Å². The number of ether oxygens (including phenoxy) is 1. The van der Waals surface area contributed by atoms with Crippen molar-refractivity contribution >= 4 is 22.5 Å². The number of benzene rings is 2. The van der Waals surface area contributed by atoms with Crippen LogP contribution in [0.4, 0.5) is 0 Å². The first-order chi connectivity index (χ1) is 13.6. The summed E-state index contributed by atoms with van der Waals surface area (Å²) in [6, 6.07) is 19.8. The molecule has 4 aromatic rings. The lowest BCUT2D eigenvalue weighted by molar-refractivity contribution is 0.277. The first-order valence-electron chi connectivity index (χ1n) is 8.73. The van der Waals surface area contributed by atoms with Crippen LogP contribution in [0.3, 0.4) is 0 Å². The summed E-state index contributed by atoms with van der Waals surface area (Å²) in [6.45, 7) is 0.254. The predicted octanol–water partition coefficient (Wildman–Crippen LogP) is 4.11. The minimum Gasteiger partial charge on any atom is -0.489 e. The highest BCUT2D eigenvalue weighted by atomic mass is 35.5. The number of aliphatic hydroxyl groups excluding tert-OH is 1. The van der Waals surface area contributed by atoms with E-state index in [0.717, 1.165) is 22.2 Å². The van der Waals surface area contributed by atoms with Gasteiger partial charge in [-0.15, -0.1) is 0 Å². The van der Waals surface area contributed by atoms with Gasteiger partial charge in [-0.3, -0.25) is 14.3 Å². The lowest BCUT2D eigenvalue weighted by Crippen LogP contribution is -2.16. The fraction of sp³-hybridized carbons (Fsp3) is 0.0909. The number of nitrogens with zero attached hydrogens (tertiary/aromatic N) is 2. The third kappa shape index (κ3) is 3.91.